The van der Waals surface area contributed by atoms with Crippen LogP contribution in [-0.4, -0.2) is 41.8 Å². The highest BCUT2D eigenvalue weighted by Crippen LogP contribution is 2.13. The number of hydrogen-bond donors (Lipinski definition) is 2. The van der Waals surface area contributed by atoms with Gasteiger partial charge in [-0.1, -0.05) is 12.1 Å². The van der Waals surface area contributed by atoms with E-state index < -0.39 is 10.5 Å². The van der Waals surface area contributed by atoms with E-state index in [1.807, 2.05) is 0 Å². The number of carbonyl (C=O) groups excluding carboxylic acids is 1. The number of non-ortho nitro benzene ring substituents is 1. The second-order valence-corrected chi connectivity index (χ2v) is 5.12. The van der Waals surface area contributed by atoms with Crippen molar-refractivity contribution >= 4 is 11.6 Å². The van der Waals surface area contributed by atoms with Gasteiger partial charge in [-0.05, 0) is 12.5 Å². The average molecular weight is 296 g/mol. The first-order valence-corrected chi connectivity index (χ1v) is 6.55. The second kappa shape index (κ2) is 7.70. The van der Waals surface area contributed by atoms with Crippen molar-refractivity contribution in [1.29, 1.82) is 0 Å². The van der Waals surface area contributed by atoms with E-state index >= 15 is 0 Å². The van der Waals surface area contributed by atoms with Crippen LogP contribution >= 0.6 is 0 Å². The molecule has 1 atom stereocenters. The molecule has 0 saturated heterocycles. The summed E-state index contributed by atoms with van der Waals surface area (Å²) in [6.45, 7) is 2.11. The molecule has 7 heteroatoms. The largest absolute Gasteiger partial charge is 0.388 e. The molecule has 0 fully saturated rings. The van der Waals surface area contributed by atoms with E-state index in [4.69, 9.17) is 4.74 Å². The highest BCUT2D eigenvalue weighted by molar-refractivity contribution is 5.78. The number of rotatable bonds is 8. The number of amides is 1. The number of nitrogens with zero attached hydrogens (tertiary/aromatic N) is 1. The van der Waals surface area contributed by atoms with Crippen molar-refractivity contribution in [1.82, 2.24) is 5.32 Å². The number of benzene rings is 1. The molecule has 0 saturated carbocycles. The molecule has 0 aliphatic rings. The van der Waals surface area contributed by atoms with Crippen molar-refractivity contribution in [3.8, 4) is 0 Å². The molecule has 0 heterocycles. The Kier molecular flexibility index (Phi) is 6.26. The van der Waals surface area contributed by atoms with E-state index in [1.165, 1.54) is 25.3 Å². The molecular weight excluding hydrogens is 276 g/mol. The lowest BCUT2D eigenvalue weighted by Crippen LogP contribution is -2.41. The second-order valence-electron chi connectivity index (χ2n) is 5.12. The molecule has 1 amide bonds. The van der Waals surface area contributed by atoms with Gasteiger partial charge in [0.1, 0.15) is 0 Å². The number of ether oxygens (including phenoxy) is 1. The van der Waals surface area contributed by atoms with Gasteiger partial charge in [0.25, 0.3) is 5.69 Å². The summed E-state index contributed by atoms with van der Waals surface area (Å²) in [5.41, 5.74) is -0.542. The van der Waals surface area contributed by atoms with E-state index in [0.717, 1.165) is 0 Å². The lowest BCUT2D eigenvalue weighted by atomic mass is 10.0. The molecule has 0 radical (unpaired) electrons. The summed E-state index contributed by atoms with van der Waals surface area (Å²) in [6, 6.07) is 5.92. The van der Waals surface area contributed by atoms with Gasteiger partial charge < -0.3 is 15.2 Å². The molecule has 116 valence electrons. The fourth-order valence-electron chi connectivity index (χ4n) is 1.73. The molecule has 1 aromatic carbocycles. The van der Waals surface area contributed by atoms with E-state index in [0.29, 0.717) is 18.6 Å². The van der Waals surface area contributed by atoms with Crippen LogP contribution in [-0.2, 0) is 16.0 Å². The van der Waals surface area contributed by atoms with Gasteiger partial charge in [0.05, 0.1) is 16.9 Å². The highest BCUT2D eigenvalue weighted by atomic mass is 16.6. The number of nitro benzene ring substituents is 1. The van der Waals surface area contributed by atoms with Gasteiger partial charge in [0, 0.05) is 38.8 Å². The zero-order valence-corrected chi connectivity index (χ0v) is 12.2. The summed E-state index contributed by atoms with van der Waals surface area (Å²) < 4.78 is 4.88. The fraction of sp³-hybridized carbons (Fsp3) is 0.500. The normalized spacial score (nSPS) is 13.5. The number of nitro groups is 1. The Morgan fingerprint density at radius 2 is 2.24 bits per heavy atom. The quantitative estimate of drug-likeness (QED) is 0.551. The molecule has 0 bridgehead atoms. The van der Waals surface area contributed by atoms with Gasteiger partial charge in [-0.25, -0.2) is 0 Å². The van der Waals surface area contributed by atoms with Crippen molar-refractivity contribution < 1.29 is 19.6 Å². The maximum Gasteiger partial charge on any atom is 0.269 e. The lowest BCUT2D eigenvalue weighted by molar-refractivity contribution is -0.384. The topological polar surface area (TPSA) is 102 Å². The minimum atomic E-state index is -1.05. The number of nitrogens with one attached hydrogen (secondary N) is 1. The van der Waals surface area contributed by atoms with Crippen LogP contribution in [0.5, 0.6) is 0 Å². The SMILES string of the molecule is COCCC(C)(O)CNC(=O)Cc1cccc([N+](=O)[O-])c1. The molecule has 2 N–H and O–H groups in total. The predicted octanol–water partition coefficient (Wildman–Crippen LogP) is 1.04. The zero-order valence-electron chi connectivity index (χ0n) is 12.2. The summed E-state index contributed by atoms with van der Waals surface area (Å²) in [4.78, 5) is 21.9. The number of aliphatic hydroxyl groups is 1. The van der Waals surface area contributed by atoms with Crippen LogP contribution in [0.2, 0.25) is 0 Å². The first-order chi connectivity index (χ1) is 9.84. The van der Waals surface area contributed by atoms with Crippen LogP contribution in [0.3, 0.4) is 0 Å². The molecule has 1 aromatic rings. The maximum atomic E-state index is 11.8. The van der Waals surface area contributed by atoms with E-state index in [2.05, 4.69) is 5.32 Å². The van der Waals surface area contributed by atoms with Gasteiger partial charge in [0.15, 0.2) is 0 Å². The maximum absolute atomic E-state index is 11.8. The Labute approximate surface area is 123 Å². The van der Waals surface area contributed by atoms with Crippen LogP contribution in [0.25, 0.3) is 0 Å². The van der Waals surface area contributed by atoms with E-state index in [1.54, 1.807) is 13.0 Å². The third-order valence-electron chi connectivity index (χ3n) is 3.00. The van der Waals surface area contributed by atoms with Crippen LogP contribution in [0.15, 0.2) is 24.3 Å². The van der Waals surface area contributed by atoms with E-state index in [9.17, 15) is 20.0 Å². The average Bonchev–Trinajstić information content (AvgIpc) is 2.43. The molecule has 0 spiro atoms. The standard InChI is InChI=1S/C14H20N2O5/c1-14(18,6-7-21-2)10-15-13(17)9-11-4-3-5-12(8-11)16(19)20/h3-5,8,18H,6-7,9-10H2,1-2H3,(H,15,17). The van der Waals surface area contributed by atoms with Gasteiger partial charge in [0.2, 0.25) is 5.91 Å². The molecular formula is C14H20N2O5. The summed E-state index contributed by atoms with van der Waals surface area (Å²) in [5, 5.41) is 23.3. The fourth-order valence-corrected chi connectivity index (χ4v) is 1.73. The molecule has 0 aliphatic heterocycles. The third-order valence-corrected chi connectivity index (χ3v) is 3.00. The molecule has 1 rings (SSSR count). The smallest absolute Gasteiger partial charge is 0.269 e. The predicted molar refractivity (Wildman–Crippen MR) is 76.9 cm³/mol. The van der Waals surface area contributed by atoms with Gasteiger partial charge in [-0.15, -0.1) is 0 Å². The van der Waals surface area contributed by atoms with Crippen LogP contribution in [0.1, 0.15) is 18.9 Å². The van der Waals surface area contributed by atoms with Crippen LogP contribution in [0, 0.1) is 10.1 Å². The van der Waals surface area contributed by atoms with Gasteiger partial charge >= 0.3 is 0 Å². The van der Waals surface area contributed by atoms with Gasteiger partial charge in [-0.3, -0.25) is 14.9 Å². The third kappa shape index (κ3) is 6.33. The van der Waals surface area contributed by atoms with Crippen molar-refractivity contribution in [3.05, 3.63) is 39.9 Å². The zero-order chi connectivity index (χ0) is 15.9. The number of hydrogen-bond acceptors (Lipinski definition) is 5. The molecule has 0 aliphatic carbocycles. The summed E-state index contributed by atoms with van der Waals surface area (Å²) in [5.74, 6) is -0.298. The van der Waals surface area contributed by atoms with Crippen LogP contribution in [0.4, 0.5) is 5.69 Å². The Bertz CT molecular complexity index is 502. The molecule has 0 aromatic heterocycles. The van der Waals surface area contributed by atoms with Crippen molar-refractivity contribution in [2.45, 2.75) is 25.4 Å². The van der Waals surface area contributed by atoms with Crippen LogP contribution < -0.4 is 5.32 Å². The Morgan fingerprint density at radius 1 is 1.52 bits per heavy atom. The lowest BCUT2D eigenvalue weighted by Gasteiger charge is -2.23. The number of carbonyl (C=O) groups is 1. The van der Waals surface area contributed by atoms with Crippen molar-refractivity contribution in [2.75, 3.05) is 20.3 Å². The van der Waals surface area contributed by atoms with Crippen molar-refractivity contribution in [2.24, 2.45) is 0 Å². The Hall–Kier alpha value is -1.99. The molecule has 21 heavy (non-hydrogen) atoms. The number of methoxy groups -OCH3 is 1. The highest BCUT2D eigenvalue weighted by Gasteiger charge is 2.21. The molecule has 7 nitrogen and oxygen atoms in total. The van der Waals surface area contributed by atoms with Gasteiger partial charge in [-0.2, -0.15) is 0 Å². The summed E-state index contributed by atoms with van der Waals surface area (Å²) in [7, 11) is 1.54. The Balaban J connectivity index is 2.50. The minimum absolute atomic E-state index is 0.0298. The summed E-state index contributed by atoms with van der Waals surface area (Å²) in [6.07, 6.45) is 0.433. The monoisotopic (exact) mass is 296 g/mol. The first kappa shape index (κ1) is 17.1. The first-order valence-electron chi connectivity index (χ1n) is 6.55. The summed E-state index contributed by atoms with van der Waals surface area (Å²) >= 11 is 0. The minimum Gasteiger partial charge on any atom is -0.388 e. The van der Waals surface area contributed by atoms with E-state index in [-0.39, 0.29) is 24.6 Å². The van der Waals surface area contributed by atoms with Crippen molar-refractivity contribution in [3.63, 3.8) is 0 Å². The Morgan fingerprint density at radius 3 is 2.86 bits per heavy atom. The molecule has 1 unspecified atom stereocenters.